The molecule has 1 heterocycles. The average Bonchev–Trinajstić information content (AvgIpc) is 3.18. The van der Waals surface area contributed by atoms with Crippen molar-refractivity contribution >= 4 is 34.8 Å². The molecule has 0 spiro atoms. The Morgan fingerprint density at radius 1 is 1.00 bits per heavy atom. The van der Waals surface area contributed by atoms with Crippen LogP contribution in [0.15, 0.2) is 60.7 Å². The van der Waals surface area contributed by atoms with E-state index in [9.17, 15) is 9.18 Å². The van der Waals surface area contributed by atoms with Crippen LogP contribution in [-0.2, 0) is 0 Å². The standard InChI is InChI=1S/C23H17Cl2FN4O/c1-13-6-9-16(24)12-19(13)30-22(15-7-10-17(26)11-8-15)28-21(29-30)23(31)27-20-14(2)4-3-5-18(20)25/h3-12H,1-2H3,(H,27,31). The van der Waals surface area contributed by atoms with Gasteiger partial charge in [-0.1, -0.05) is 41.4 Å². The molecule has 0 saturated heterocycles. The quantitative estimate of drug-likeness (QED) is 0.396. The zero-order valence-electron chi connectivity index (χ0n) is 16.7. The van der Waals surface area contributed by atoms with Crippen LogP contribution < -0.4 is 5.32 Å². The molecule has 0 unspecified atom stereocenters. The number of rotatable bonds is 4. The smallest absolute Gasteiger partial charge is 0.295 e. The molecule has 1 aromatic heterocycles. The van der Waals surface area contributed by atoms with E-state index in [2.05, 4.69) is 15.4 Å². The zero-order valence-corrected chi connectivity index (χ0v) is 18.2. The molecule has 1 amide bonds. The number of carbonyl (C=O) groups is 1. The summed E-state index contributed by atoms with van der Waals surface area (Å²) in [5, 5.41) is 8.14. The SMILES string of the molecule is Cc1ccc(Cl)cc1-n1nc(C(=O)Nc2c(C)cccc2Cl)nc1-c1ccc(F)cc1. The van der Waals surface area contributed by atoms with Gasteiger partial charge in [0.2, 0.25) is 5.82 Å². The summed E-state index contributed by atoms with van der Waals surface area (Å²) in [6.07, 6.45) is 0. The van der Waals surface area contributed by atoms with Crippen molar-refractivity contribution in [3.05, 3.63) is 93.5 Å². The van der Waals surface area contributed by atoms with Crippen LogP contribution in [0.3, 0.4) is 0 Å². The summed E-state index contributed by atoms with van der Waals surface area (Å²) in [7, 11) is 0. The Kier molecular flexibility index (Phi) is 5.76. The van der Waals surface area contributed by atoms with Gasteiger partial charge in [-0.15, -0.1) is 5.10 Å². The molecule has 156 valence electrons. The van der Waals surface area contributed by atoms with Gasteiger partial charge in [-0.05, 0) is 67.4 Å². The van der Waals surface area contributed by atoms with Gasteiger partial charge in [-0.25, -0.2) is 14.1 Å². The van der Waals surface area contributed by atoms with Crippen molar-refractivity contribution in [1.82, 2.24) is 14.8 Å². The number of nitrogens with one attached hydrogen (secondary N) is 1. The van der Waals surface area contributed by atoms with Crippen molar-refractivity contribution < 1.29 is 9.18 Å². The van der Waals surface area contributed by atoms with E-state index in [1.807, 2.05) is 26.0 Å². The van der Waals surface area contributed by atoms with E-state index in [-0.39, 0.29) is 11.6 Å². The van der Waals surface area contributed by atoms with Gasteiger partial charge in [-0.2, -0.15) is 0 Å². The van der Waals surface area contributed by atoms with Gasteiger partial charge in [-0.3, -0.25) is 4.79 Å². The number of benzene rings is 3. The highest BCUT2D eigenvalue weighted by atomic mass is 35.5. The van der Waals surface area contributed by atoms with Crippen molar-refractivity contribution in [3.63, 3.8) is 0 Å². The fourth-order valence-electron chi connectivity index (χ4n) is 3.13. The Bertz CT molecular complexity index is 1270. The van der Waals surface area contributed by atoms with E-state index < -0.39 is 5.91 Å². The number of aryl methyl sites for hydroxylation is 2. The Hall–Kier alpha value is -3.22. The molecule has 0 bridgehead atoms. The van der Waals surface area contributed by atoms with Crippen molar-refractivity contribution in [3.8, 4) is 17.1 Å². The van der Waals surface area contributed by atoms with Crippen LogP contribution in [0.4, 0.5) is 10.1 Å². The second kappa shape index (κ2) is 8.49. The first kappa shape index (κ1) is 21.0. The third kappa shape index (κ3) is 4.31. The summed E-state index contributed by atoms with van der Waals surface area (Å²) in [5.41, 5.74) is 3.44. The lowest BCUT2D eigenvalue weighted by molar-refractivity contribution is 0.101. The summed E-state index contributed by atoms with van der Waals surface area (Å²) >= 11 is 12.4. The molecule has 0 saturated carbocycles. The number of anilines is 1. The lowest BCUT2D eigenvalue weighted by atomic mass is 10.1. The van der Waals surface area contributed by atoms with Gasteiger partial charge in [0.15, 0.2) is 5.82 Å². The number of amides is 1. The molecule has 0 aliphatic heterocycles. The number of hydrogen-bond donors (Lipinski definition) is 1. The fourth-order valence-corrected chi connectivity index (χ4v) is 3.57. The van der Waals surface area contributed by atoms with Crippen LogP contribution in [-0.4, -0.2) is 20.7 Å². The summed E-state index contributed by atoms with van der Waals surface area (Å²) in [5.74, 6) is -0.566. The normalized spacial score (nSPS) is 10.9. The minimum Gasteiger partial charge on any atom is -0.318 e. The fraction of sp³-hybridized carbons (Fsp3) is 0.0870. The number of aromatic nitrogens is 3. The van der Waals surface area contributed by atoms with Crippen molar-refractivity contribution in [2.45, 2.75) is 13.8 Å². The maximum absolute atomic E-state index is 13.5. The van der Waals surface area contributed by atoms with E-state index >= 15 is 0 Å². The van der Waals surface area contributed by atoms with E-state index in [1.165, 1.54) is 16.8 Å². The molecule has 0 aliphatic carbocycles. The molecule has 4 aromatic rings. The summed E-state index contributed by atoms with van der Waals surface area (Å²) in [6, 6.07) is 16.5. The number of hydrogen-bond acceptors (Lipinski definition) is 3. The van der Waals surface area contributed by atoms with Crippen LogP contribution in [0.5, 0.6) is 0 Å². The van der Waals surface area contributed by atoms with Crippen molar-refractivity contribution in [1.29, 1.82) is 0 Å². The van der Waals surface area contributed by atoms with E-state index in [0.29, 0.717) is 32.8 Å². The molecule has 0 aliphatic rings. The Balaban J connectivity index is 1.82. The monoisotopic (exact) mass is 454 g/mol. The molecule has 0 radical (unpaired) electrons. The molecule has 1 N–H and O–H groups in total. The Labute approximate surface area is 188 Å². The Morgan fingerprint density at radius 3 is 2.45 bits per heavy atom. The maximum Gasteiger partial charge on any atom is 0.295 e. The lowest BCUT2D eigenvalue weighted by Crippen LogP contribution is -2.15. The predicted molar refractivity (Wildman–Crippen MR) is 121 cm³/mol. The van der Waals surface area contributed by atoms with Gasteiger partial charge >= 0.3 is 0 Å². The van der Waals surface area contributed by atoms with Crippen LogP contribution in [0.2, 0.25) is 10.0 Å². The third-order valence-corrected chi connectivity index (χ3v) is 5.32. The molecule has 8 heteroatoms. The molecular weight excluding hydrogens is 438 g/mol. The summed E-state index contributed by atoms with van der Waals surface area (Å²) < 4.78 is 15.0. The lowest BCUT2D eigenvalue weighted by Gasteiger charge is -2.09. The number of halogens is 3. The van der Waals surface area contributed by atoms with E-state index in [4.69, 9.17) is 23.2 Å². The minimum absolute atomic E-state index is 0.0574. The summed E-state index contributed by atoms with van der Waals surface area (Å²) in [4.78, 5) is 17.4. The average molecular weight is 455 g/mol. The third-order valence-electron chi connectivity index (χ3n) is 4.77. The van der Waals surface area contributed by atoms with Gasteiger partial charge in [0.05, 0.1) is 16.4 Å². The Morgan fingerprint density at radius 2 is 1.74 bits per heavy atom. The number of nitrogens with zero attached hydrogens (tertiary/aromatic N) is 3. The zero-order chi connectivity index (χ0) is 22.1. The molecule has 3 aromatic carbocycles. The van der Waals surface area contributed by atoms with Crippen LogP contribution in [0, 0.1) is 19.7 Å². The molecule has 31 heavy (non-hydrogen) atoms. The van der Waals surface area contributed by atoms with E-state index in [1.54, 1.807) is 36.4 Å². The topological polar surface area (TPSA) is 59.8 Å². The maximum atomic E-state index is 13.5. The molecule has 0 fully saturated rings. The first-order valence-electron chi connectivity index (χ1n) is 9.39. The minimum atomic E-state index is -0.516. The van der Waals surface area contributed by atoms with Crippen LogP contribution in [0.1, 0.15) is 21.7 Å². The second-order valence-corrected chi connectivity index (χ2v) is 7.84. The number of para-hydroxylation sites is 1. The summed E-state index contributed by atoms with van der Waals surface area (Å²) in [6.45, 7) is 3.74. The predicted octanol–water partition coefficient (Wildman–Crippen LogP) is 6.25. The molecule has 0 atom stereocenters. The van der Waals surface area contributed by atoms with Crippen LogP contribution in [0.25, 0.3) is 17.1 Å². The molecular formula is C23H17Cl2FN4O. The van der Waals surface area contributed by atoms with Crippen molar-refractivity contribution in [2.75, 3.05) is 5.32 Å². The van der Waals surface area contributed by atoms with Crippen LogP contribution >= 0.6 is 23.2 Å². The number of carbonyl (C=O) groups excluding carboxylic acids is 1. The highest BCUT2D eigenvalue weighted by molar-refractivity contribution is 6.34. The molecule has 4 rings (SSSR count). The highest BCUT2D eigenvalue weighted by Crippen LogP contribution is 2.28. The van der Waals surface area contributed by atoms with Gasteiger partial charge in [0, 0.05) is 10.6 Å². The van der Waals surface area contributed by atoms with Crippen molar-refractivity contribution in [2.24, 2.45) is 0 Å². The second-order valence-electron chi connectivity index (χ2n) is 6.99. The first-order valence-corrected chi connectivity index (χ1v) is 10.1. The van der Waals surface area contributed by atoms with E-state index in [0.717, 1.165) is 11.1 Å². The molecule has 5 nitrogen and oxygen atoms in total. The van der Waals surface area contributed by atoms with Gasteiger partial charge in [0.1, 0.15) is 5.82 Å². The first-order chi connectivity index (χ1) is 14.8. The van der Waals surface area contributed by atoms with Gasteiger partial charge in [0.25, 0.3) is 5.91 Å². The van der Waals surface area contributed by atoms with Gasteiger partial charge < -0.3 is 5.32 Å². The highest BCUT2D eigenvalue weighted by Gasteiger charge is 2.21. The largest absolute Gasteiger partial charge is 0.318 e.